The summed E-state index contributed by atoms with van der Waals surface area (Å²) >= 11 is 0. The Hall–Kier alpha value is -4.08. The number of nitriles is 1. The van der Waals surface area contributed by atoms with Crippen LogP contribution >= 0.6 is 0 Å². The molecule has 0 aliphatic carbocycles. The molecule has 3 aromatic carbocycles. The minimum atomic E-state index is -5.00. The molecule has 1 aliphatic heterocycles. The average Bonchev–Trinajstić information content (AvgIpc) is 2.92. The Kier molecular flexibility index (Phi) is 8.66. The molecule has 0 amide bonds. The van der Waals surface area contributed by atoms with Crippen molar-refractivity contribution in [2.24, 2.45) is 4.99 Å². The zero-order valence-electron chi connectivity index (χ0n) is 21.0. The molecular formula is C28H23F6N3O3. The summed E-state index contributed by atoms with van der Waals surface area (Å²) < 4.78 is 98.4. The zero-order valence-corrected chi connectivity index (χ0v) is 21.0. The second-order valence-corrected chi connectivity index (χ2v) is 8.82. The van der Waals surface area contributed by atoms with Crippen molar-refractivity contribution in [3.63, 3.8) is 0 Å². The summed E-state index contributed by atoms with van der Waals surface area (Å²) in [6, 6.07) is 17.7. The van der Waals surface area contributed by atoms with Crippen molar-refractivity contribution >= 4 is 6.02 Å². The second-order valence-electron chi connectivity index (χ2n) is 8.82. The Labute approximate surface area is 226 Å². The maximum absolute atomic E-state index is 13.4. The van der Waals surface area contributed by atoms with Crippen LogP contribution in [0.1, 0.15) is 41.3 Å². The first-order chi connectivity index (χ1) is 19.0. The quantitative estimate of drug-likeness (QED) is 0.143. The molecule has 0 saturated carbocycles. The van der Waals surface area contributed by atoms with Crippen LogP contribution in [0, 0.1) is 11.5 Å². The van der Waals surface area contributed by atoms with Gasteiger partial charge < -0.3 is 19.1 Å². The molecule has 0 spiro atoms. The van der Waals surface area contributed by atoms with Gasteiger partial charge in [-0.05, 0) is 48.4 Å². The molecule has 1 heterocycles. The van der Waals surface area contributed by atoms with Crippen molar-refractivity contribution in [2.75, 3.05) is 13.2 Å². The SMILES string of the molecule is C[C@@H](O[C@H]1OCCN(C(=NC#N)Oc2ccccc2)[C@H]1c1ccccc1)c1cc(C(F)(F)F)cc(C(F)(F)F)c1. The van der Waals surface area contributed by atoms with E-state index in [1.807, 2.05) is 0 Å². The van der Waals surface area contributed by atoms with Crippen LogP contribution < -0.4 is 4.74 Å². The predicted molar refractivity (Wildman–Crippen MR) is 132 cm³/mol. The van der Waals surface area contributed by atoms with Gasteiger partial charge in [0.2, 0.25) is 6.19 Å². The lowest BCUT2D eigenvalue weighted by atomic mass is 10.0. The van der Waals surface area contributed by atoms with Crippen LogP contribution in [-0.4, -0.2) is 30.4 Å². The molecule has 4 rings (SSSR count). The topological polar surface area (TPSA) is 67.1 Å². The summed E-state index contributed by atoms with van der Waals surface area (Å²) in [6.45, 7) is 1.58. The monoisotopic (exact) mass is 563 g/mol. The zero-order chi connectivity index (χ0) is 28.9. The van der Waals surface area contributed by atoms with Gasteiger partial charge in [-0.25, -0.2) is 0 Å². The molecule has 0 radical (unpaired) electrons. The number of ether oxygens (including phenoxy) is 3. The van der Waals surface area contributed by atoms with Crippen molar-refractivity contribution in [3.05, 3.63) is 101 Å². The lowest BCUT2D eigenvalue weighted by Gasteiger charge is -2.42. The van der Waals surface area contributed by atoms with Crippen LogP contribution in [0.25, 0.3) is 0 Å². The third-order valence-electron chi connectivity index (χ3n) is 6.11. The van der Waals surface area contributed by atoms with Gasteiger partial charge in [0.05, 0.1) is 23.8 Å². The standard InChI is InChI=1S/C28H23F6N3O3/c1-18(20-14-21(27(29,30)31)16-22(15-20)28(32,33)34)39-25-24(19-8-4-2-5-9-19)37(12-13-38-25)26(36-17-35)40-23-10-6-3-7-11-23/h2-11,14-16,18,24-25H,12-13H2,1H3/t18-,24+,25-/m1/s1. The number of rotatable bonds is 5. The van der Waals surface area contributed by atoms with E-state index in [9.17, 15) is 31.6 Å². The van der Waals surface area contributed by atoms with Crippen molar-refractivity contribution < 1.29 is 40.6 Å². The van der Waals surface area contributed by atoms with Crippen molar-refractivity contribution in [1.29, 1.82) is 5.26 Å². The highest BCUT2D eigenvalue weighted by Gasteiger charge is 2.40. The number of amidine groups is 1. The lowest BCUT2D eigenvalue weighted by Crippen LogP contribution is -2.50. The third-order valence-corrected chi connectivity index (χ3v) is 6.11. The minimum absolute atomic E-state index is 0.0414. The van der Waals surface area contributed by atoms with E-state index in [1.165, 1.54) is 6.92 Å². The van der Waals surface area contributed by atoms with E-state index in [2.05, 4.69) is 4.99 Å². The number of nitrogens with zero attached hydrogens (tertiary/aromatic N) is 3. The van der Waals surface area contributed by atoms with Crippen LogP contribution in [0.2, 0.25) is 0 Å². The van der Waals surface area contributed by atoms with Gasteiger partial charge in [0.15, 0.2) is 6.29 Å². The van der Waals surface area contributed by atoms with Gasteiger partial charge >= 0.3 is 18.4 Å². The number of hydrogen-bond acceptors (Lipinski definition) is 5. The lowest BCUT2D eigenvalue weighted by molar-refractivity contribution is -0.220. The molecule has 210 valence electrons. The van der Waals surface area contributed by atoms with E-state index in [1.54, 1.807) is 71.8 Å². The highest BCUT2D eigenvalue weighted by Crippen LogP contribution is 2.39. The van der Waals surface area contributed by atoms with E-state index in [0.29, 0.717) is 23.4 Å². The van der Waals surface area contributed by atoms with Gasteiger partial charge in [-0.15, -0.1) is 4.99 Å². The van der Waals surface area contributed by atoms with Crippen LogP contribution in [0.4, 0.5) is 26.3 Å². The van der Waals surface area contributed by atoms with Gasteiger partial charge in [-0.3, -0.25) is 0 Å². The van der Waals surface area contributed by atoms with E-state index in [0.717, 1.165) is 0 Å². The fraction of sp³-hybridized carbons (Fsp3) is 0.286. The molecule has 3 atom stereocenters. The van der Waals surface area contributed by atoms with Crippen molar-refractivity contribution in [3.8, 4) is 11.9 Å². The summed E-state index contributed by atoms with van der Waals surface area (Å²) in [4.78, 5) is 5.44. The number of benzene rings is 3. The molecule has 0 unspecified atom stereocenters. The summed E-state index contributed by atoms with van der Waals surface area (Å²) in [5.41, 5.74) is -2.60. The Morgan fingerprint density at radius 2 is 1.52 bits per heavy atom. The van der Waals surface area contributed by atoms with Gasteiger partial charge in [-0.1, -0.05) is 48.5 Å². The van der Waals surface area contributed by atoms with Gasteiger partial charge in [0.1, 0.15) is 11.8 Å². The van der Waals surface area contributed by atoms with Gasteiger partial charge in [0, 0.05) is 6.54 Å². The fourth-order valence-electron chi connectivity index (χ4n) is 4.24. The van der Waals surface area contributed by atoms with Crippen molar-refractivity contribution in [2.45, 2.75) is 37.7 Å². The summed E-state index contributed by atoms with van der Waals surface area (Å²) in [6.07, 6.45) is -10.7. The molecule has 0 bridgehead atoms. The number of alkyl halides is 6. The molecule has 3 aromatic rings. The van der Waals surface area contributed by atoms with Crippen LogP contribution in [0.15, 0.2) is 83.9 Å². The summed E-state index contributed by atoms with van der Waals surface area (Å²) in [7, 11) is 0. The molecular weight excluding hydrogens is 540 g/mol. The average molecular weight is 563 g/mol. The third kappa shape index (κ3) is 6.91. The Morgan fingerprint density at radius 1 is 0.950 bits per heavy atom. The maximum Gasteiger partial charge on any atom is 0.416 e. The molecule has 1 fully saturated rings. The number of halogens is 6. The van der Waals surface area contributed by atoms with Gasteiger partial charge in [-0.2, -0.15) is 31.6 Å². The second kappa shape index (κ2) is 12.0. The van der Waals surface area contributed by atoms with Crippen LogP contribution in [0.5, 0.6) is 5.75 Å². The van der Waals surface area contributed by atoms with E-state index >= 15 is 0 Å². The van der Waals surface area contributed by atoms with E-state index in [4.69, 9.17) is 14.2 Å². The molecule has 1 aliphatic rings. The fourth-order valence-corrected chi connectivity index (χ4v) is 4.24. The predicted octanol–water partition coefficient (Wildman–Crippen LogP) is 7.12. The number of para-hydroxylation sites is 1. The Balaban J connectivity index is 1.70. The van der Waals surface area contributed by atoms with E-state index < -0.39 is 41.9 Å². The first-order valence-corrected chi connectivity index (χ1v) is 12.0. The smallest absolute Gasteiger partial charge is 0.416 e. The number of morpholine rings is 1. The molecule has 1 saturated heterocycles. The molecule has 0 aromatic heterocycles. The van der Waals surface area contributed by atoms with Crippen molar-refractivity contribution in [1.82, 2.24) is 4.90 Å². The van der Waals surface area contributed by atoms with E-state index in [-0.39, 0.29) is 30.8 Å². The van der Waals surface area contributed by atoms with Crippen LogP contribution in [-0.2, 0) is 21.8 Å². The number of hydrogen-bond donors (Lipinski definition) is 0. The van der Waals surface area contributed by atoms with Gasteiger partial charge in [0.25, 0.3) is 0 Å². The minimum Gasteiger partial charge on any atom is -0.425 e. The first kappa shape index (κ1) is 28.9. The molecule has 12 heteroatoms. The maximum atomic E-state index is 13.4. The molecule has 40 heavy (non-hydrogen) atoms. The van der Waals surface area contributed by atoms with Crippen LogP contribution in [0.3, 0.4) is 0 Å². The molecule has 0 N–H and O–H groups in total. The summed E-state index contributed by atoms with van der Waals surface area (Å²) in [5.74, 6) is 0.393. The largest absolute Gasteiger partial charge is 0.425 e. The highest BCUT2D eigenvalue weighted by atomic mass is 19.4. The Bertz CT molecular complexity index is 1330. The first-order valence-electron chi connectivity index (χ1n) is 12.0. The molecule has 6 nitrogen and oxygen atoms in total. The Morgan fingerprint density at radius 3 is 2.08 bits per heavy atom. The normalized spacial score (nSPS) is 19.1. The number of aliphatic imine (C=N–C) groups is 1. The summed E-state index contributed by atoms with van der Waals surface area (Å²) in [5, 5.41) is 9.36. The highest BCUT2D eigenvalue weighted by molar-refractivity contribution is 5.78.